The van der Waals surface area contributed by atoms with Crippen molar-refractivity contribution >= 4 is 32.3 Å². The summed E-state index contributed by atoms with van der Waals surface area (Å²) in [5.41, 5.74) is 1.52. The molecule has 3 nitrogen and oxygen atoms in total. The lowest BCUT2D eigenvalue weighted by atomic mass is 9.90. The summed E-state index contributed by atoms with van der Waals surface area (Å²) in [6.45, 7) is 8.27. The summed E-state index contributed by atoms with van der Waals surface area (Å²) >= 11 is 0. The van der Waals surface area contributed by atoms with Crippen molar-refractivity contribution in [2.75, 3.05) is 45.8 Å². The number of aryl methyl sites for hydroxylation is 1. The average Bonchev–Trinajstić information content (AvgIpc) is 2.87. The van der Waals surface area contributed by atoms with Crippen molar-refractivity contribution in [1.29, 1.82) is 0 Å². The fourth-order valence-corrected chi connectivity index (χ4v) is 5.76. The average molecular weight is 456 g/mol. The largest absolute Gasteiger partial charge is 0.317 e. The van der Waals surface area contributed by atoms with E-state index >= 15 is 0 Å². The molecule has 1 aliphatic heterocycles. The van der Waals surface area contributed by atoms with Crippen molar-refractivity contribution in [3.63, 3.8) is 0 Å². The molecule has 0 radical (unpaired) electrons. The third-order valence-corrected chi connectivity index (χ3v) is 7.68. The third kappa shape index (κ3) is 5.71. The molecule has 4 aromatic rings. The smallest absolute Gasteiger partial charge is 0.0107 e. The van der Waals surface area contributed by atoms with Crippen LogP contribution in [-0.2, 0) is 6.42 Å². The summed E-state index contributed by atoms with van der Waals surface area (Å²) in [5.74, 6) is 0. The first-order valence-corrected chi connectivity index (χ1v) is 13.7. The van der Waals surface area contributed by atoms with Crippen LogP contribution >= 0.6 is 0 Å². The molecule has 0 amide bonds. The molecular formula is C31H41N3. The highest BCUT2D eigenvalue weighted by atomic mass is 15.1. The predicted octanol–water partition coefficient (Wildman–Crippen LogP) is 6.35. The highest BCUT2D eigenvalue weighted by Gasteiger charge is 2.11. The number of hydrogen-bond donors (Lipinski definition) is 2. The minimum Gasteiger partial charge on any atom is -0.317 e. The van der Waals surface area contributed by atoms with E-state index in [0.29, 0.717) is 0 Å². The van der Waals surface area contributed by atoms with Crippen molar-refractivity contribution in [3.05, 3.63) is 60.2 Å². The fraction of sp³-hybridized carbons (Fsp3) is 0.484. The van der Waals surface area contributed by atoms with Crippen LogP contribution in [-0.4, -0.2) is 50.7 Å². The first-order valence-electron chi connectivity index (χ1n) is 13.7. The van der Waals surface area contributed by atoms with Crippen LogP contribution in [0.5, 0.6) is 0 Å². The molecule has 3 heteroatoms. The van der Waals surface area contributed by atoms with Crippen LogP contribution in [0.15, 0.2) is 54.6 Å². The molecule has 1 saturated heterocycles. The van der Waals surface area contributed by atoms with Gasteiger partial charge in [0.2, 0.25) is 0 Å². The molecule has 0 atom stereocenters. The molecular weight excluding hydrogens is 414 g/mol. The molecule has 1 aliphatic rings. The van der Waals surface area contributed by atoms with Crippen molar-refractivity contribution in [2.24, 2.45) is 0 Å². The van der Waals surface area contributed by atoms with Gasteiger partial charge in [0.05, 0.1) is 0 Å². The Kier molecular flexibility index (Phi) is 8.29. The maximum Gasteiger partial charge on any atom is 0.0107 e. The van der Waals surface area contributed by atoms with E-state index in [4.69, 9.17) is 0 Å². The van der Waals surface area contributed by atoms with Crippen molar-refractivity contribution in [1.82, 2.24) is 15.5 Å². The van der Waals surface area contributed by atoms with E-state index in [2.05, 4.69) is 70.1 Å². The van der Waals surface area contributed by atoms with Crippen LogP contribution in [0.1, 0.15) is 50.5 Å². The van der Waals surface area contributed by atoms with E-state index in [0.717, 1.165) is 19.6 Å². The Morgan fingerprint density at radius 1 is 0.588 bits per heavy atom. The second-order valence-electron chi connectivity index (χ2n) is 10.1. The van der Waals surface area contributed by atoms with E-state index < -0.39 is 0 Å². The fourth-order valence-electron chi connectivity index (χ4n) is 5.76. The van der Waals surface area contributed by atoms with E-state index in [1.807, 2.05) is 0 Å². The molecule has 4 aromatic carbocycles. The number of nitrogens with one attached hydrogen (secondary N) is 2. The van der Waals surface area contributed by atoms with Gasteiger partial charge in [0.25, 0.3) is 0 Å². The van der Waals surface area contributed by atoms with Gasteiger partial charge in [-0.25, -0.2) is 0 Å². The Morgan fingerprint density at radius 3 is 2.18 bits per heavy atom. The normalized spacial score (nSPS) is 18.0. The van der Waals surface area contributed by atoms with Gasteiger partial charge < -0.3 is 15.5 Å². The lowest BCUT2D eigenvalue weighted by Gasteiger charge is -2.23. The lowest BCUT2D eigenvalue weighted by molar-refractivity contribution is 0.260. The van der Waals surface area contributed by atoms with Gasteiger partial charge in [0.1, 0.15) is 0 Å². The van der Waals surface area contributed by atoms with Crippen LogP contribution in [0.25, 0.3) is 32.3 Å². The topological polar surface area (TPSA) is 27.3 Å². The monoisotopic (exact) mass is 455 g/mol. The minimum atomic E-state index is 1.12. The maximum atomic E-state index is 3.65. The summed E-state index contributed by atoms with van der Waals surface area (Å²) in [7, 11) is 0. The van der Waals surface area contributed by atoms with Gasteiger partial charge in [-0.1, -0.05) is 67.4 Å². The highest BCUT2D eigenvalue weighted by molar-refractivity contribution is 6.23. The van der Waals surface area contributed by atoms with E-state index in [1.165, 1.54) is 115 Å². The minimum absolute atomic E-state index is 1.12. The predicted molar refractivity (Wildman–Crippen MR) is 148 cm³/mol. The molecule has 0 spiro atoms. The molecule has 34 heavy (non-hydrogen) atoms. The SMILES string of the molecule is c1cc2ccc3ccc(CCCCN4CCCCCCNCCCNCC4)c4ccc(c1)c2c34. The third-order valence-electron chi connectivity index (χ3n) is 7.68. The van der Waals surface area contributed by atoms with Crippen LogP contribution in [0.2, 0.25) is 0 Å². The molecule has 5 rings (SSSR count). The van der Waals surface area contributed by atoms with Crippen molar-refractivity contribution < 1.29 is 0 Å². The second kappa shape index (κ2) is 12.0. The summed E-state index contributed by atoms with van der Waals surface area (Å²) in [6, 6.07) is 20.6. The van der Waals surface area contributed by atoms with Gasteiger partial charge in [-0.2, -0.15) is 0 Å². The number of benzene rings is 4. The van der Waals surface area contributed by atoms with Crippen molar-refractivity contribution in [3.8, 4) is 0 Å². The molecule has 2 N–H and O–H groups in total. The lowest BCUT2D eigenvalue weighted by Crippen LogP contribution is -2.35. The maximum absolute atomic E-state index is 3.65. The van der Waals surface area contributed by atoms with Gasteiger partial charge in [-0.15, -0.1) is 0 Å². The van der Waals surface area contributed by atoms with Crippen LogP contribution < -0.4 is 10.6 Å². The van der Waals surface area contributed by atoms with Crippen LogP contribution in [0.4, 0.5) is 0 Å². The zero-order chi connectivity index (χ0) is 23.0. The Bertz CT molecular complexity index is 1140. The quantitative estimate of drug-likeness (QED) is 0.271. The van der Waals surface area contributed by atoms with Crippen LogP contribution in [0.3, 0.4) is 0 Å². The molecule has 0 aliphatic carbocycles. The van der Waals surface area contributed by atoms with Gasteiger partial charge in [0, 0.05) is 13.1 Å². The molecule has 180 valence electrons. The molecule has 1 fully saturated rings. The summed E-state index contributed by atoms with van der Waals surface area (Å²) in [5, 5.41) is 15.7. The van der Waals surface area contributed by atoms with Gasteiger partial charge in [0.15, 0.2) is 0 Å². The molecule has 0 bridgehead atoms. The first-order chi connectivity index (χ1) is 16.9. The Labute approximate surface area is 205 Å². The van der Waals surface area contributed by atoms with E-state index in [-0.39, 0.29) is 0 Å². The summed E-state index contributed by atoms with van der Waals surface area (Å²) in [4.78, 5) is 2.71. The molecule has 1 heterocycles. The number of nitrogens with zero attached hydrogens (tertiary/aromatic N) is 1. The number of rotatable bonds is 5. The van der Waals surface area contributed by atoms with Crippen LogP contribution in [0, 0.1) is 0 Å². The van der Waals surface area contributed by atoms with Gasteiger partial charge in [-0.05, 0) is 109 Å². The Morgan fingerprint density at radius 2 is 1.29 bits per heavy atom. The Hall–Kier alpha value is -2.20. The number of hydrogen-bond acceptors (Lipinski definition) is 3. The summed E-state index contributed by atoms with van der Waals surface area (Å²) in [6.07, 6.45) is 10.4. The Balaban J connectivity index is 1.19. The summed E-state index contributed by atoms with van der Waals surface area (Å²) < 4.78 is 0. The zero-order valence-electron chi connectivity index (χ0n) is 20.7. The van der Waals surface area contributed by atoms with Gasteiger partial charge in [-0.3, -0.25) is 0 Å². The van der Waals surface area contributed by atoms with Gasteiger partial charge >= 0.3 is 0 Å². The molecule has 0 unspecified atom stereocenters. The van der Waals surface area contributed by atoms with E-state index in [1.54, 1.807) is 0 Å². The second-order valence-corrected chi connectivity index (χ2v) is 10.1. The standard InChI is InChI=1S/C31H41N3/c1-2-5-22-34(24-21-33-20-8-19-32-18-4-1)23-6-3-9-25-12-13-28-15-14-26-10-7-11-27-16-17-29(25)31(28)30(26)27/h7,10-17,32-33H,1-6,8-9,18-24H2. The number of unbranched alkanes of at least 4 members (excludes halogenated alkanes) is 1. The zero-order valence-corrected chi connectivity index (χ0v) is 20.7. The highest BCUT2D eigenvalue weighted by Crippen LogP contribution is 2.36. The van der Waals surface area contributed by atoms with Crippen molar-refractivity contribution in [2.45, 2.75) is 51.4 Å². The first kappa shape index (κ1) is 23.5. The molecule has 0 aromatic heterocycles. The van der Waals surface area contributed by atoms with E-state index in [9.17, 15) is 0 Å². The molecule has 0 saturated carbocycles.